The lowest BCUT2D eigenvalue weighted by molar-refractivity contribution is -0.137. The van der Waals surface area contributed by atoms with Crippen LogP contribution in [0.2, 0.25) is 0 Å². The number of aromatic nitrogens is 2. The first-order valence-electron chi connectivity index (χ1n) is 8.82. The number of amides is 1. The van der Waals surface area contributed by atoms with Crippen molar-refractivity contribution < 1.29 is 31.1 Å². The summed E-state index contributed by atoms with van der Waals surface area (Å²) in [5, 5.41) is 0.329. The Balaban J connectivity index is 1.72. The molecular weight excluding hydrogens is 455 g/mol. The maximum absolute atomic E-state index is 13.0. The Kier molecular flexibility index (Phi) is 5.21. The highest BCUT2D eigenvalue weighted by Gasteiger charge is 2.33. The fourth-order valence-corrected chi connectivity index (χ4v) is 5.29. The molecule has 0 saturated carbocycles. The van der Waals surface area contributed by atoms with Gasteiger partial charge in [0.25, 0.3) is 5.91 Å². The molecule has 0 fully saturated rings. The molecule has 12 heteroatoms. The van der Waals surface area contributed by atoms with E-state index in [1.54, 1.807) is 0 Å². The number of hydrogen-bond donors (Lipinski definition) is 0. The molecule has 0 unspecified atom stereocenters. The third-order valence-corrected chi connectivity index (χ3v) is 7.09. The molecule has 162 valence electrons. The van der Waals surface area contributed by atoms with Crippen LogP contribution >= 0.6 is 11.5 Å². The number of sulfone groups is 1. The van der Waals surface area contributed by atoms with Gasteiger partial charge in [0, 0.05) is 6.07 Å². The summed E-state index contributed by atoms with van der Waals surface area (Å²) in [4.78, 5) is 17.6. The molecule has 0 atom stereocenters. The summed E-state index contributed by atoms with van der Waals surface area (Å²) in [5.41, 5.74) is -0.0854. The van der Waals surface area contributed by atoms with E-state index in [1.807, 2.05) is 0 Å². The summed E-state index contributed by atoms with van der Waals surface area (Å²) in [6.45, 7) is 1.08. The number of halogens is 3. The smallest absolute Gasteiger partial charge is 0.416 e. The van der Waals surface area contributed by atoms with Gasteiger partial charge in [0.05, 0.1) is 21.8 Å². The molecule has 7 nitrogen and oxygen atoms in total. The summed E-state index contributed by atoms with van der Waals surface area (Å²) in [5.74, 6) is -0.686. The molecule has 0 spiro atoms. The number of fused-ring (bicyclic) bond motifs is 1. The number of carbonyl (C=O) groups excluding carboxylic acids is 1. The second-order valence-corrected chi connectivity index (χ2v) is 9.59. The van der Waals surface area contributed by atoms with Gasteiger partial charge in [0.15, 0.2) is 16.4 Å². The zero-order valence-electron chi connectivity index (χ0n) is 15.9. The Hall–Kier alpha value is -2.99. The monoisotopic (exact) mass is 469 g/mol. The summed E-state index contributed by atoms with van der Waals surface area (Å²) in [6.07, 6.45) is -3.24. The molecule has 0 saturated heterocycles. The first kappa shape index (κ1) is 21.2. The second kappa shape index (κ2) is 7.61. The van der Waals surface area contributed by atoms with Crippen molar-refractivity contribution in [2.24, 2.45) is 0 Å². The van der Waals surface area contributed by atoms with Crippen molar-refractivity contribution >= 4 is 38.7 Å². The minimum Gasteiger partial charge on any atom is -0.481 e. The Bertz CT molecular complexity index is 1260. The topological polar surface area (TPSA) is 89.5 Å². The summed E-state index contributed by atoms with van der Waals surface area (Å²) in [6, 6.07) is 7.08. The van der Waals surface area contributed by atoms with Crippen molar-refractivity contribution in [2.75, 3.05) is 11.5 Å². The minimum atomic E-state index is -4.51. The first-order chi connectivity index (χ1) is 14.6. The van der Waals surface area contributed by atoms with Crippen LogP contribution in [0, 0.1) is 6.92 Å². The van der Waals surface area contributed by atoms with E-state index in [2.05, 4.69) is 9.36 Å². The molecule has 1 aromatic heterocycles. The van der Waals surface area contributed by atoms with Gasteiger partial charge in [-0.05, 0) is 54.4 Å². The standard InChI is InChI=1S/C19H14F3N3O4S2/c1-11-6-12(19(20,21)22)2-4-14(11)25-15-5-3-13(7-16(15)29-8-18(25)26)31(27,28)9-17-23-10-24-30-17/h2-7,10H,8-9H2,1H3. The average Bonchev–Trinajstić information content (AvgIpc) is 3.19. The highest BCUT2D eigenvalue weighted by atomic mass is 32.2. The number of carbonyl (C=O) groups is 1. The van der Waals surface area contributed by atoms with E-state index in [0.717, 1.165) is 23.7 Å². The lowest BCUT2D eigenvalue weighted by atomic mass is 10.1. The normalized spacial score (nSPS) is 14.3. The predicted octanol–water partition coefficient (Wildman–Crippen LogP) is 3.90. The van der Waals surface area contributed by atoms with E-state index < -0.39 is 27.5 Å². The van der Waals surface area contributed by atoms with Crippen LogP contribution < -0.4 is 9.64 Å². The number of aryl methyl sites for hydroxylation is 1. The van der Waals surface area contributed by atoms with Crippen molar-refractivity contribution in [3.8, 4) is 5.75 Å². The third kappa shape index (κ3) is 4.12. The number of hydrogen-bond acceptors (Lipinski definition) is 7. The quantitative estimate of drug-likeness (QED) is 0.576. The van der Waals surface area contributed by atoms with E-state index in [1.165, 1.54) is 42.4 Å². The fourth-order valence-electron chi connectivity index (χ4n) is 3.18. The van der Waals surface area contributed by atoms with Crippen molar-refractivity contribution in [1.29, 1.82) is 0 Å². The molecule has 1 aliphatic heterocycles. The van der Waals surface area contributed by atoms with Crippen LogP contribution in [0.15, 0.2) is 47.6 Å². The first-order valence-corrected chi connectivity index (χ1v) is 11.2. The Morgan fingerprint density at radius 1 is 1.16 bits per heavy atom. The van der Waals surface area contributed by atoms with Crippen LogP contribution in [-0.4, -0.2) is 30.3 Å². The molecule has 0 radical (unpaired) electrons. The average molecular weight is 469 g/mol. The molecule has 0 bridgehead atoms. The number of ether oxygens (including phenoxy) is 1. The Morgan fingerprint density at radius 2 is 1.90 bits per heavy atom. The number of alkyl halides is 3. The highest BCUT2D eigenvalue weighted by Crippen LogP contribution is 2.41. The predicted molar refractivity (Wildman–Crippen MR) is 106 cm³/mol. The van der Waals surface area contributed by atoms with Crippen molar-refractivity contribution in [3.63, 3.8) is 0 Å². The van der Waals surface area contributed by atoms with Gasteiger partial charge in [-0.15, -0.1) is 0 Å². The SMILES string of the molecule is Cc1cc(C(F)(F)F)ccc1N1C(=O)COc2cc(S(=O)(=O)Cc3ncns3)ccc21. The van der Waals surface area contributed by atoms with Gasteiger partial charge in [-0.3, -0.25) is 9.69 Å². The molecule has 1 amide bonds. The lowest BCUT2D eigenvalue weighted by Gasteiger charge is -2.31. The molecule has 2 heterocycles. The summed E-state index contributed by atoms with van der Waals surface area (Å²) < 4.78 is 73.5. The number of anilines is 2. The van der Waals surface area contributed by atoms with Gasteiger partial charge < -0.3 is 4.74 Å². The zero-order valence-corrected chi connectivity index (χ0v) is 17.5. The Labute approximate surface area is 179 Å². The van der Waals surface area contributed by atoms with Crippen LogP contribution in [0.3, 0.4) is 0 Å². The maximum atomic E-state index is 13.0. The van der Waals surface area contributed by atoms with Gasteiger partial charge in [-0.2, -0.15) is 17.5 Å². The van der Waals surface area contributed by atoms with Gasteiger partial charge in [-0.1, -0.05) is 0 Å². The van der Waals surface area contributed by atoms with Crippen LogP contribution in [0.5, 0.6) is 5.75 Å². The molecule has 2 aromatic carbocycles. The molecule has 1 aliphatic rings. The van der Waals surface area contributed by atoms with Gasteiger partial charge in [-0.25, -0.2) is 13.4 Å². The lowest BCUT2D eigenvalue weighted by Crippen LogP contribution is -2.35. The number of nitrogens with zero attached hydrogens (tertiary/aromatic N) is 3. The number of benzene rings is 2. The zero-order chi connectivity index (χ0) is 22.4. The van der Waals surface area contributed by atoms with E-state index in [4.69, 9.17) is 4.74 Å². The van der Waals surface area contributed by atoms with E-state index in [9.17, 15) is 26.4 Å². The van der Waals surface area contributed by atoms with Crippen LogP contribution in [-0.2, 0) is 26.6 Å². The summed E-state index contributed by atoms with van der Waals surface area (Å²) >= 11 is 0.971. The minimum absolute atomic E-state index is 0.0279. The molecular formula is C19H14F3N3O4S2. The van der Waals surface area contributed by atoms with Crippen LogP contribution in [0.25, 0.3) is 0 Å². The van der Waals surface area contributed by atoms with Crippen molar-refractivity contribution in [1.82, 2.24) is 9.36 Å². The summed E-state index contributed by atoms with van der Waals surface area (Å²) in [7, 11) is -3.74. The molecule has 0 N–H and O–H groups in total. The maximum Gasteiger partial charge on any atom is 0.416 e. The van der Waals surface area contributed by atoms with Gasteiger partial charge in [0.2, 0.25) is 0 Å². The highest BCUT2D eigenvalue weighted by molar-refractivity contribution is 7.90. The van der Waals surface area contributed by atoms with E-state index in [-0.39, 0.29) is 39.9 Å². The molecule has 31 heavy (non-hydrogen) atoms. The van der Waals surface area contributed by atoms with E-state index in [0.29, 0.717) is 5.01 Å². The largest absolute Gasteiger partial charge is 0.481 e. The Morgan fingerprint density at radius 3 is 2.55 bits per heavy atom. The molecule has 3 aromatic rings. The van der Waals surface area contributed by atoms with Gasteiger partial charge >= 0.3 is 6.18 Å². The molecule has 4 rings (SSSR count). The van der Waals surface area contributed by atoms with Crippen LogP contribution in [0.1, 0.15) is 16.1 Å². The third-order valence-electron chi connectivity index (χ3n) is 4.62. The molecule has 0 aliphatic carbocycles. The van der Waals surface area contributed by atoms with Crippen LogP contribution in [0.4, 0.5) is 24.5 Å². The number of rotatable bonds is 4. The second-order valence-electron chi connectivity index (χ2n) is 6.74. The van der Waals surface area contributed by atoms with E-state index >= 15 is 0 Å². The van der Waals surface area contributed by atoms with Gasteiger partial charge in [0.1, 0.15) is 22.8 Å². The van der Waals surface area contributed by atoms with Crippen molar-refractivity contribution in [3.05, 3.63) is 58.9 Å². The fraction of sp³-hybridized carbons (Fsp3) is 0.211. The van der Waals surface area contributed by atoms with Crippen molar-refractivity contribution in [2.45, 2.75) is 23.7 Å².